The first-order chi connectivity index (χ1) is 7.94. The number of hydrogen-bond acceptors (Lipinski definition) is 3. The molecule has 0 aliphatic carbocycles. The van der Waals surface area contributed by atoms with Gasteiger partial charge in [0.15, 0.2) is 0 Å². The van der Waals surface area contributed by atoms with Crippen molar-refractivity contribution < 1.29 is 13.5 Å². The van der Waals surface area contributed by atoms with Crippen molar-refractivity contribution in [3.05, 3.63) is 34.3 Å². The van der Waals surface area contributed by atoms with Crippen molar-refractivity contribution >= 4 is 26.0 Å². The summed E-state index contributed by atoms with van der Waals surface area (Å²) in [5.74, 6) is -0.0512. The molecule has 0 aromatic heterocycles. The van der Waals surface area contributed by atoms with Crippen LogP contribution in [-0.2, 0) is 10.0 Å². The molecular formula is C11H16BrNO3S. The molecule has 1 rings (SSSR count). The van der Waals surface area contributed by atoms with E-state index in [0.717, 1.165) is 10.0 Å². The standard InChI is InChI=1S/C11H16BrNO3S/c1-9(10-3-5-11(12)6-4-10)13-17(15,16)8-2-7-14/h3-6,9,13-14H,2,7-8H2,1H3. The first-order valence-corrected chi connectivity index (χ1v) is 7.75. The van der Waals surface area contributed by atoms with E-state index in [4.69, 9.17) is 5.11 Å². The molecule has 6 heteroatoms. The largest absolute Gasteiger partial charge is 0.396 e. The molecule has 0 radical (unpaired) electrons. The van der Waals surface area contributed by atoms with Gasteiger partial charge in [0.25, 0.3) is 0 Å². The lowest BCUT2D eigenvalue weighted by Crippen LogP contribution is -2.29. The Morgan fingerprint density at radius 1 is 1.35 bits per heavy atom. The molecule has 0 aliphatic heterocycles. The smallest absolute Gasteiger partial charge is 0.212 e. The summed E-state index contributed by atoms with van der Waals surface area (Å²) in [7, 11) is -3.32. The van der Waals surface area contributed by atoms with Gasteiger partial charge in [0.05, 0.1) is 5.75 Å². The van der Waals surface area contributed by atoms with E-state index in [0.29, 0.717) is 0 Å². The van der Waals surface area contributed by atoms with E-state index < -0.39 is 10.0 Å². The van der Waals surface area contributed by atoms with E-state index in [1.807, 2.05) is 24.3 Å². The van der Waals surface area contributed by atoms with Crippen LogP contribution in [0.15, 0.2) is 28.7 Å². The fraction of sp³-hybridized carbons (Fsp3) is 0.455. The summed E-state index contributed by atoms with van der Waals surface area (Å²) < 4.78 is 26.7. The lowest BCUT2D eigenvalue weighted by Gasteiger charge is -2.14. The summed E-state index contributed by atoms with van der Waals surface area (Å²) in [6, 6.07) is 7.20. The number of halogens is 1. The van der Waals surface area contributed by atoms with Gasteiger partial charge in [-0.3, -0.25) is 0 Å². The summed E-state index contributed by atoms with van der Waals surface area (Å²) in [6.07, 6.45) is 0.252. The van der Waals surface area contributed by atoms with Gasteiger partial charge in [-0.25, -0.2) is 13.1 Å². The molecule has 4 nitrogen and oxygen atoms in total. The van der Waals surface area contributed by atoms with Crippen LogP contribution >= 0.6 is 15.9 Å². The van der Waals surface area contributed by atoms with Gasteiger partial charge in [-0.2, -0.15) is 0 Å². The molecule has 17 heavy (non-hydrogen) atoms. The van der Waals surface area contributed by atoms with Crippen LogP contribution < -0.4 is 4.72 Å². The molecule has 1 atom stereocenters. The van der Waals surface area contributed by atoms with Crippen LogP contribution in [0.25, 0.3) is 0 Å². The number of nitrogens with one attached hydrogen (secondary N) is 1. The molecule has 0 saturated carbocycles. The maximum Gasteiger partial charge on any atom is 0.212 e. The Morgan fingerprint density at radius 3 is 2.47 bits per heavy atom. The van der Waals surface area contributed by atoms with E-state index in [9.17, 15) is 8.42 Å². The Morgan fingerprint density at radius 2 is 1.94 bits per heavy atom. The van der Waals surface area contributed by atoms with Gasteiger partial charge in [0.2, 0.25) is 10.0 Å². The lowest BCUT2D eigenvalue weighted by atomic mass is 10.1. The molecule has 96 valence electrons. The van der Waals surface area contributed by atoms with E-state index in [1.54, 1.807) is 6.92 Å². The summed E-state index contributed by atoms with van der Waals surface area (Å²) in [6.45, 7) is 1.67. The highest BCUT2D eigenvalue weighted by molar-refractivity contribution is 9.10. The highest BCUT2D eigenvalue weighted by Crippen LogP contribution is 2.17. The molecule has 0 saturated heterocycles. The Bertz CT molecular complexity index is 444. The minimum atomic E-state index is -3.32. The number of sulfonamides is 1. The number of hydrogen-bond donors (Lipinski definition) is 2. The molecule has 0 amide bonds. The zero-order valence-electron chi connectivity index (χ0n) is 9.56. The molecule has 0 aliphatic rings. The van der Waals surface area contributed by atoms with Crippen molar-refractivity contribution in [2.24, 2.45) is 0 Å². The van der Waals surface area contributed by atoms with Crippen LogP contribution in [0.1, 0.15) is 24.9 Å². The van der Waals surface area contributed by atoms with Crippen LogP contribution in [0, 0.1) is 0 Å². The van der Waals surface area contributed by atoms with Crippen molar-refractivity contribution in [3.63, 3.8) is 0 Å². The van der Waals surface area contributed by atoms with Gasteiger partial charge in [-0.15, -0.1) is 0 Å². The van der Waals surface area contributed by atoms with E-state index in [2.05, 4.69) is 20.7 Å². The van der Waals surface area contributed by atoms with Crippen molar-refractivity contribution in [3.8, 4) is 0 Å². The third kappa shape index (κ3) is 5.16. The fourth-order valence-corrected chi connectivity index (χ4v) is 2.97. The van der Waals surface area contributed by atoms with E-state index >= 15 is 0 Å². The Kier molecular flexibility index (Phi) is 5.58. The monoisotopic (exact) mass is 321 g/mol. The van der Waals surface area contributed by atoms with Gasteiger partial charge >= 0.3 is 0 Å². The third-order valence-corrected chi connectivity index (χ3v) is 4.36. The minimum absolute atomic E-state index is 0.0512. The summed E-state index contributed by atoms with van der Waals surface area (Å²) in [5, 5.41) is 8.61. The molecule has 1 aromatic carbocycles. The highest BCUT2D eigenvalue weighted by atomic mass is 79.9. The second-order valence-electron chi connectivity index (χ2n) is 3.79. The van der Waals surface area contributed by atoms with E-state index in [1.165, 1.54) is 0 Å². The predicted octanol–water partition coefficient (Wildman–Crippen LogP) is 1.81. The lowest BCUT2D eigenvalue weighted by molar-refractivity contribution is 0.295. The van der Waals surface area contributed by atoms with Gasteiger partial charge in [-0.1, -0.05) is 28.1 Å². The first kappa shape index (κ1) is 14.6. The van der Waals surface area contributed by atoms with Crippen molar-refractivity contribution in [1.29, 1.82) is 0 Å². The molecule has 0 fully saturated rings. The van der Waals surface area contributed by atoms with E-state index in [-0.39, 0.29) is 24.8 Å². The van der Waals surface area contributed by atoms with Crippen LogP contribution in [0.2, 0.25) is 0 Å². The number of aliphatic hydroxyl groups excluding tert-OH is 1. The second kappa shape index (κ2) is 6.49. The molecular weight excluding hydrogens is 306 g/mol. The van der Waals surface area contributed by atoms with Gasteiger partial charge in [0.1, 0.15) is 0 Å². The molecule has 0 heterocycles. The molecule has 0 bridgehead atoms. The van der Waals surface area contributed by atoms with Gasteiger partial charge in [0, 0.05) is 17.1 Å². The van der Waals surface area contributed by atoms with Crippen molar-refractivity contribution in [1.82, 2.24) is 4.72 Å². The molecule has 1 aromatic rings. The number of benzene rings is 1. The van der Waals surface area contributed by atoms with Gasteiger partial charge in [-0.05, 0) is 31.0 Å². The maximum absolute atomic E-state index is 11.6. The summed E-state index contributed by atoms with van der Waals surface area (Å²) in [5.41, 5.74) is 0.903. The topological polar surface area (TPSA) is 66.4 Å². The van der Waals surface area contributed by atoms with Crippen molar-refractivity contribution in [2.75, 3.05) is 12.4 Å². The quantitative estimate of drug-likeness (QED) is 0.839. The average Bonchev–Trinajstić information content (AvgIpc) is 2.26. The average molecular weight is 322 g/mol. The SMILES string of the molecule is CC(NS(=O)(=O)CCCO)c1ccc(Br)cc1. The molecule has 0 spiro atoms. The predicted molar refractivity (Wildman–Crippen MR) is 71.2 cm³/mol. The third-order valence-electron chi connectivity index (χ3n) is 2.30. The first-order valence-electron chi connectivity index (χ1n) is 5.31. The molecule has 1 unspecified atom stereocenters. The Hall–Kier alpha value is -0.430. The van der Waals surface area contributed by atoms with Crippen molar-refractivity contribution in [2.45, 2.75) is 19.4 Å². The number of aliphatic hydroxyl groups is 1. The molecule has 2 N–H and O–H groups in total. The second-order valence-corrected chi connectivity index (χ2v) is 6.58. The normalized spacial score (nSPS) is 13.6. The minimum Gasteiger partial charge on any atom is -0.396 e. The zero-order chi connectivity index (χ0) is 12.9. The number of rotatable bonds is 6. The van der Waals surface area contributed by atoms with Gasteiger partial charge < -0.3 is 5.11 Å². The summed E-state index contributed by atoms with van der Waals surface area (Å²) >= 11 is 3.32. The maximum atomic E-state index is 11.6. The zero-order valence-corrected chi connectivity index (χ0v) is 12.0. The van der Waals surface area contributed by atoms with Crippen LogP contribution in [0.5, 0.6) is 0 Å². The highest BCUT2D eigenvalue weighted by Gasteiger charge is 2.15. The fourth-order valence-electron chi connectivity index (χ4n) is 1.40. The van der Waals surface area contributed by atoms with Crippen LogP contribution in [0.3, 0.4) is 0 Å². The Balaban J connectivity index is 2.65. The van der Waals surface area contributed by atoms with Crippen LogP contribution in [0.4, 0.5) is 0 Å². The van der Waals surface area contributed by atoms with Crippen LogP contribution in [-0.4, -0.2) is 25.9 Å². The Labute approximate surface area is 110 Å². The summed E-state index contributed by atoms with van der Waals surface area (Å²) in [4.78, 5) is 0.